The molecule has 2 rings (SSSR count). The van der Waals surface area contributed by atoms with E-state index in [1.54, 1.807) is 12.3 Å². The van der Waals surface area contributed by atoms with E-state index in [1.807, 2.05) is 0 Å². The van der Waals surface area contributed by atoms with Gasteiger partial charge in [-0.25, -0.2) is 9.97 Å². The molecule has 1 aliphatic carbocycles. The summed E-state index contributed by atoms with van der Waals surface area (Å²) in [5, 5.41) is 8.59. The van der Waals surface area contributed by atoms with E-state index >= 15 is 0 Å². The molecule has 1 saturated carbocycles. The average molecular weight is 192 g/mol. The lowest BCUT2D eigenvalue weighted by Crippen LogP contribution is -2.05. The van der Waals surface area contributed by atoms with Crippen LogP contribution in [-0.2, 0) is 17.6 Å². The summed E-state index contributed by atoms with van der Waals surface area (Å²) in [6.07, 6.45) is 5.04. The van der Waals surface area contributed by atoms with E-state index < -0.39 is 5.97 Å². The molecule has 14 heavy (non-hydrogen) atoms. The molecule has 0 spiro atoms. The smallest absolute Gasteiger partial charge is 0.309 e. The minimum atomic E-state index is -0.846. The van der Waals surface area contributed by atoms with Crippen molar-refractivity contribution in [3.63, 3.8) is 0 Å². The molecule has 0 unspecified atom stereocenters. The molecular formula is C10H12N2O2. The first-order valence-corrected chi connectivity index (χ1v) is 4.76. The van der Waals surface area contributed by atoms with Crippen molar-refractivity contribution in [1.82, 2.24) is 9.97 Å². The highest BCUT2D eigenvalue weighted by Gasteiger charge is 2.22. The Morgan fingerprint density at radius 3 is 3.00 bits per heavy atom. The first-order valence-electron chi connectivity index (χ1n) is 4.76. The molecule has 0 aliphatic heterocycles. The predicted octanol–water partition coefficient (Wildman–Crippen LogP) is 1.06. The Balaban J connectivity index is 2.05. The molecule has 1 heterocycles. The van der Waals surface area contributed by atoms with Crippen LogP contribution in [0.15, 0.2) is 12.3 Å². The zero-order valence-electron chi connectivity index (χ0n) is 7.81. The minimum Gasteiger partial charge on any atom is -0.481 e. The second-order valence-electron chi connectivity index (χ2n) is 3.68. The van der Waals surface area contributed by atoms with Crippen LogP contribution < -0.4 is 0 Å². The summed E-state index contributed by atoms with van der Waals surface area (Å²) >= 11 is 0. The fourth-order valence-electron chi connectivity index (χ4n) is 1.37. The fourth-order valence-corrected chi connectivity index (χ4v) is 1.37. The summed E-state index contributed by atoms with van der Waals surface area (Å²) in [5.74, 6) is 0.669. The molecule has 1 fully saturated rings. The van der Waals surface area contributed by atoms with E-state index in [9.17, 15) is 4.79 Å². The van der Waals surface area contributed by atoms with Crippen molar-refractivity contribution >= 4 is 5.97 Å². The van der Waals surface area contributed by atoms with Crippen molar-refractivity contribution in [1.29, 1.82) is 0 Å². The second kappa shape index (κ2) is 3.74. The van der Waals surface area contributed by atoms with E-state index in [0.29, 0.717) is 5.69 Å². The molecule has 1 aromatic heterocycles. The van der Waals surface area contributed by atoms with Crippen molar-refractivity contribution in [3.8, 4) is 0 Å². The molecule has 0 aromatic carbocycles. The zero-order valence-corrected chi connectivity index (χ0v) is 7.81. The Morgan fingerprint density at radius 1 is 1.57 bits per heavy atom. The Labute approximate surface area is 82.0 Å². The zero-order chi connectivity index (χ0) is 9.97. The Morgan fingerprint density at radius 2 is 2.36 bits per heavy atom. The maximum atomic E-state index is 10.5. The third-order valence-corrected chi connectivity index (χ3v) is 2.26. The number of hydrogen-bond acceptors (Lipinski definition) is 3. The quantitative estimate of drug-likeness (QED) is 0.774. The molecule has 4 heteroatoms. The SMILES string of the molecule is O=C(O)Cc1ccnc(CC2CC2)n1. The summed E-state index contributed by atoms with van der Waals surface area (Å²) in [6.45, 7) is 0. The van der Waals surface area contributed by atoms with Crippen LogP contribution in [0.1, 0.15) is 24.4 Å². The lowest BCUT2D eigenvalue weighted by molar-refractivity contribution is -0.136. The summed E-state index contributed by atoms with van der Waals surface area (Å²) in [6, 6.07) is 1.66. The Bertz CT molecular complexity index is 348. The van der Waals surface area contributed by atoms with Gasteiger partial charge >= 0.3 is 5.97 Å². The molecule has 74 valence electrons. The van der Waals surface area contributed by atoms with Gasteiger partial charge < -0.3 is 5.11 Å². The van der Waals surface area contributed by atoms with Gasteiger partial charge in [-0.1, -0.05) is 0 Å². The molecular weight excluding hydrogens is 180 g/mol. The largest absolute Gasteiger partial charge is 0.481 e. The van der Waals surface area contributed by atoms with Gasteiger partial charge in [-0.2, -0.15) is 0 Å². The van der Waals surface area contributed by atoms with Crippen molar-refractivity contribution in [3.05, 3.63) is 23.8 Å². The first-order chi connectivity index (χ1) is 6.74. The first kappa shape index (κ1) is 9.12. The molecule has 0 bridgehead atoms. The van der Waals surface area contributed by atoms with Crippen molar-refractivity contribution in [2.75, 3.05) is 0 Å². The maximum absolute atomic E-state index is 10.5. The van der Waals surface area contributed by atoms with Crippen molar-refractivity contribution in [2.24, 2.45) is 5.92 Å². The fraction of sp³-hybridized carbons (Fsp3) is 0.500. The van der Waals surface area contributed by atoms with Gasteiger partial charge in [0.1, 0.15) is 5.82 Å². The highest BCUT2D eigenvalue weighted by molar-refractivity contribution is 5.69. The van der Waals surface area contributed by atoms with E-state index in [-0.39, 0.29) is 6.42 Å². The number of carboxylic acids is 1. The predicted molar refractivity (Wildman–Crippen MR) is 49.8 cm³/mol. The lowest BCUT2D eigenvalue weighted by Gasteiger charge is -2.00. The van der Waals surface area contributed by atoms with Crippen LogP contribution in [0.3, 0.4) is 0 Å². The van der Waals surface area contributed by atoms with Crippen LogP contribution in [0, 0.1) is 5.92 Å². The topological polar surface area (TPSA) is 63.1 Å². The van der Waals surface area contributed by atoms with Gasteiger partial charge in [0.25, 0.3) is 0 Å². The van der Waals surface area contributed by atoms with Crippen LogP contribution in [-0.4, -0.2) is 21.0 Å². The maximum Gasteiger partial charge on any atom is 0.309 e. The Kier molecular flexibility index (Phi) is 2.43. The van der Waals surface area contributed by atoms with Crippen LogP contribution in [0.25, 0.3) is 0 Å². The van der Waals surface area contributed by atoms with Crippen LogP contribution in [0.2, 0.25) is 0 Å². The van der Waals surface area contributed by atoms with Gasteiger partial charge in [0.05, 0.1) is 12.1 Å². The van der Waals surface area contributed by atoms with Gasteiger partial charge in [0.15, 0.2) is 0 Å². The number of carboxylic acid groups (broad SMARTS) is 1. The second-order valence-corrected chi connectivity index (χ2v) is 3.68. The molecule has 4 nitrogen and oxygen atoms in total. The van der Waals surface area contributed by atoms with Gasteiger partial charge in [0.2, 0.25) is 0 Å². The summed E-state index contributed by atoms with van der Waals surface area (Å²) in [4.78, 5) is 18.8. The number of aromatic nitrogens is 2. The van der Waals surface area contributed by atoms with E-state index in [4.69, 9.17) is 5.11 Å². The molecule has 0 amide bonds. The van der Waals surface area contributed by atoms with Crippen molar-refractivity contribution in [2.45, 2.75) is 25.7 Å². The standard InChI is InChI=1S/C10H12N2O2/c13-10(14)6-8-3-4-11-9(12-8)5-7-1-2-7/h3-4,7H,1-2,5-6H2,(H,13,14). The number of hydrogen-bond donors (Lipinski definition) is 1. The highest BCUT2D eigenvalue weighted by atomic mass is 16.4. The van der Waals surface area contributed by atoms with E-state index in [0.717, 1.165) is 18.2 Å². The molecule has 1 aliphatic rings. The average Bonchev–Trinajstić information content (AvgIpc) is 2.87. The van der Waals surface area contributed by atoms with Gasteiger partial charge in [-0.15, -0.1) is 0 Å². The van der Waals surface area contributed by atoms with Crippen LogP contribution in [0.4, 0.5) is 0 Å². The van der Waals surface area contributed by atoms with Gasteiger partial charge in [-0.05, 0) is 24.8 Å². The van der Waals surface area contributed by atoms with E-state index in [1.165, 1.54) is 12.8 Å². The number of nitrogens with zero attached hydrogens (tertiary/aromatic N) is 2. The number of aliphatic carboxylic acids is 1. The molecule has 0 atom stereocenters. The van der Waals surface area contributed by atoms with Gasteiger partial charge in [-0.3, -0.25) is 4.79 Å². The monoisotopic (exact) mass is 192 g/mol. The van der Waals surface area contributed by atoms with Gasteiger partial charge in [0, 0.05) is 12.6 Å². The molecule has 0 saturated heterocycles. The summed E-state index contributed by atoms with van der Waals surface area (Å²) < 4.78 is 0. The normalized spacial score (nSPS) is 15.4. The lowest BCUT2D eigenvalue weighted by atomic mass is 10.2. The highest BCUT2D eigenvalue weighted by Crippen LogP contribution is 2.31. The Hall–Kier alpha value is -1.45. The third-order valence-electron chi connectivity index (χ3n) is 2.26. The molecule has 1 N–H and O–H groups in total. The van der Waals surface area contributed by atoms with Crippen LogP contribution in [0.5, 0.6) is 0 Å². The summed E-state index contributed by atoms with van der Waals surface area (Å²) in [7, 11) is 0. The third kappa shape index (κ3) is 2.52. The van der Waals surface area contributed by atoms with E-state index in [2.05, 4.69) is 9.97 Å². The molecule has 1 aromatic rings. The number of rotatable bonds is 4. The minimum absolute atomic E-state index is 0.0137. The van der Waals surface area contributed by atoms with Crippen LogP contribution >= 0.6 is 0 Å². The van der Waals surface area contributed by atoms with Crippen molar-refractivity contribution < 1.29 is 9.90 Å². The number of carbonyl (C=O) groups is 1. The summed E-state index contributed by atoms with van der Waals surface area (Å²) in [5.41, 5.74) is 0.600. The molecule has 0 radical (unpaired) electrons.